The SMILES string of the molecule is C=CC1CCC(c2ccc(COc3ccc(O/C=C/C)c(F)c3F)cc2)CC1. The molecule has 0 aromatic heterocycles. The van der Waals surface area contributed by atoms with Crippen molar-refractivity contribution in [2.45, 2.75) is 45.1 Å². The van der Waals surface area contributed by atoms with Crippen LogP contribution in [0.15, 0.2) is 61.4 Å². The summed E-state index contributed by atoms with van der Waals surface area (Å²) >= 11 is 0. The summed E-state index contributed by atoms with van der Waals surface area (Å²) in [5.41, 5.74) is 2.24. The van der Waals surface area contributed by atoms with Gasteiger partial charge in [0, 0.05) is 0 Å². The average molecular weight is 384 g/mol. The number of rotatable bonds is 7. The van der Waals surface area contributed by atoms with Gasteiger partial charge >= 0.3 is 0 Å². The van der Waals surface area contributed by atoms with Gasteiger partial charge in [0.1, 0.15) is 6.61 Å². The quantitative estimate of drug-likeness (QED) is 0.381. The van der Waals surface area contributed by atoms with E-state index in [1.807, 2.05) is 12.1 Å². The molecule has 1 fully saturated rings. The van der Waals surface area contributed by atoms with Crippen molar-refractivity contribution in [3.8, 4) is 11.5 Å². The van der Waals surface area contributed by atoms with Gasteiger partial charge in [-0.2, -0.15) is 8.78 Å². The van der Waals surface area contributed by atoms with Crippen molar-refractivity contribution in [2.75, 3.05) is 0 Å². The van der Waals surface area contributed by atoms with Gasteiger partial charge in [-0.1, -0.05) is 36.4 Å². The molecule has 0 heterocycles. The van der Waals surface area contributed by atoms with Crippen LogP contribution in [-0.2, 0) is 6.61 Å². The first-order chi connectivity index (χ1) is 13.6. The van der Waals surface area contributed by atoms with E-state index in [2.05, 4.69) is 24.8 Å². The monoisotopic (exact) mass is 384 g/mol. The molecule has 4 heteroatoms. The molecule has 0 N–H and O–H groups in total. The summed E-state index contributed by atoms with van der Waals surface area (Å²) in [6.07, 6.45) is 9.70. The number of benzene rings is 2. The van der Waals surface area contributed by atoms with Crippen molar-refractivity contribution >= 4 is 0 Å². The maximum Gasteiger partial charge on any atom is 0.205 e. The second kappa shape index (κ2) is 9.54. The maximum absolute atomic E-state index is 14.1. The zero-order valence-corrected chi connectivity index (χ0v) is 16.2. The van der Waals surface area contributed by atoms with Crippen molar-refractivity contribution in [1.82, 2.24) is 0 Å². The van der Waals surface area contributed by atoms with Gasteiger partial charge in [0.05, 0.1) is 6.26 Å². The first-order valence-corrected chi connectivity index (χ1v) is 9.72. The molecule has 0 radical (unpaired) electrons. The topological polar surface area (TPSA) is 18.5 Å². The zero-order valence-electron chi connectivity index (χ0n) is 16.2. The molecule has 2 aromatic rings. The second-order valence-corrected chi connectivity index (χ2v) is 7.15. The van der Waals surface area contributed by atoms with Gasteiger partial charge in [-0.3, -0.25) is 0 Å². The van der Waals surface area contributed by atoms with Crippen LogP contribution in [0.1, 0.15) is 49.7 Å². The molecule has 1 saturated carbocycles. The van der Waals surface area contributed by atoms with Gasteiger partial charge in [0.2, 0.25) is 11.6 Å². The van der Waals surface area contributed by atoms with E-state index in [9.17, 15) is 8.78 Å². The molecule has 148 valence electrons. The molecule has 1 aliphatic carbocycles. The summed E-state index contributed by atoms with van der Waals surface area (Å²) in [6.45, 7) is 5.80. The molecule has 0 aliphatic heterocycles. The number of hydrogen-bond donors (Lipinski definition) is 0. The first-order valence-electron chi connectivity index (χ1n) is 9.72. The molecular formula is C24H26F2O2. The number of allylic oxidation sites excluding steroid dienone is 2. The fourth-order valence-corrected chi connectivity index (χ4v) is 3.59. The molecule has 0 bridgehead atoms. The number of hydrogen-bond acceptors (Lipinski definition) is 2. The first kappa shape index (κ1) is 20.1. The molecule has 3 rings (SSSR count). The zero-order chi connectivity index (χ0) is 19.9. The van der Waals surface area contributed by atoms with E-state index in [1.54, 1.807) is 13.0 Å². The van der Waals surface area contributed by atoms with E-state index >= 15 is 0 Å². The van der Waals surface area contributed by atoms with Gasteiger partial charge in [0.15, 0.2) is 11.5 Å². The molecule has 0 saturated heterocycles. The second-order valence-electron chi connectivity index (χ2n) is 7.15. The lowest BCUT2D eigenvalue weighted by atomic mass is 9.79. The Bertz CT molecular complexity index is 819. The Morgan fingerprint density at radius 3 is 2.25 bits per heavy atom. The van der Waals surface area contributed by atoms with Crippen LogP contribution in [0.2, 0.25) is 0 Å². The molecule has 0 atom stereocenters. The molecular weight excluding hydrogens is 358 g/mol. The minimum atomic E-state index is -1.05. The van der Waals surface area contributed by atoms with Crippen molar-refractivity contribution in [3.05, 3.63) is 84.2 Å². The standard InChI is InChI=1S/C24H26F2O2/c1-3-15-27-21-13-14-22(24(26)23(21)25)28-16-18-7-11-20(12-8-18)19-9-5-17(4-2)6-10-19/h3-4,7-8,11-15,17,19H,2,5-6,9-10,16H2,1H3/b15-3+. The summed E-state index contributed by atoms with van der Waals surface area (Å²) in [4.78, 5) is 0. The van der Waals surface area contributed by atoms with Gasteiger partial charge in [-0.05, 0) is 67.7 Å². The average Bonchev–Trinajstić information content (AvgIpc) is 2.74. The highest BCUT2D eigenvalue weighted by molar-refractivity contribution is 5.36. The van der Waals surface area contributed by atoms with E-state index in [1.165, 1.54) is 49.6 Å². The van der Waals surface area contributed by atoms with Crippen LogP contribution in [0.3, 0.4) is 0 Å². The van der Waals surface area contributed by atoms with Crippen molar-refractivity contribution in [2.24, 2.45) is 5.92 Å². The highest BCUT2D eigenvalue weighted by Crippen LogP contribution is 2.36. The van der Waals surface area contributed by atoms with Crippen LogP contribution in [0.25, 0.3) is 0 Å². The lowest BCUT2D eigenvalue weighted by molar-refractivity contribution is 0.281. The molecule has 2 nitrogen and oxygen atoms in total. The summed E-state index contributed by atoms with van der Waals surface area (Å²) in [5.74, 6) is -1.16. The smallest absolute Gasteiger partial charge is 0.205 e. The van der Waals surface area contributed by atoms with Crippen LogP contribution >= 0.6 is 0 Å². The van der Waals surface area contributed by atoms with E-state index in [0.717, 1.165) is 5.56 Å². The summed E-state index contributed by atoms with van der Waals surface area (Å²) < 4.78 is 38.6. The van der Waals surface area contributed by atoms with E-state index in [0.29, 0.717) is 11.8 Å². The summed E-state index contributed by atoms with van der Waals surface area (Å²) in [5, 5.41) is 0. The molecule has 0 amide bonds. The van der Waals surface area contributed by atoms with E-state index < -0.39 is 11.6 Å². The Balaban J connectivity index is 1.59. The summed E-state index contributed by atoms with van der Waals surface area (Å²) in [6, 6.07) is 10.9. The Morgan fingerprint density at radius 1 is 0.964 bits per heavy atom. The van der Waals surface area contributed by atoms with Gasteiger partial charge < -0.3 is 9.47 Å². The normalized spacial score (nSPS) is 19.5. The molecule has 0 spiro atoms. The predicted molar refractivity (Wildman–Crippen MR) is 107 cm³/mol. The number of ether oxygens (including phenoxy) is 2. The lowest BCUT2D eigenvalue weighted by Crippen LogP contribution is -2.11. The minimum absolute atomic E-state index is 0.128. The maximum atomic E-state index is 14.1. The third-order valence-corrected chi connectivity index (χ3v) is 5.29. The largest absolute Gasteiger partial charge is 0.486 e. The van der Waals surface area contributed by atoms with Crippen LogP contribution in [0.4, 0.5) is 8.78 Å². The van der Waals surface area contributed by atoms with Gasteiger partial charge in [0.25, 0.3) is 0 Å². The van der Waals surface area contributed by atoms with E-state index in [-0.39, 0.29) is 18.1 Å². The Hall–Kier alpha value is -2.62. The fourth-order valence-electron chi connectivity index (χ4n) is 3.59. The molecule has 1 aliphatic rings. The van der Waals surface area contributed by atoms with Crippen LogP contribution in [0, 0.1) is 17.6 Å². The molecule has 28 heavy (non-hydrogen) atoms. The minimum Gasteiger partial charge on any atom is -0.486 e. The van der Waals surface area contributed by atoms with Crippen LogP contribution in [-0.4, -0.2) is 0 Å². The summed E-state index contributed by atoms with van der Waals surface area (Å²) in [7, 11) is 0. The molecule has 2 aromatic carbocycles. The number of halogens is 2. The van der Waals surface area contributed by atoms with E-state index in [4.69, 9.17) is 9.47 Å². The predicted octanol–water partition coefficient (Wildman–Crippen LogP) is 6.92. The van der Waals surface area contributed by atoms with Crippen LogP contribution in [0.5, 0.6) is 11.5 Å². The van der Waals surface area contributed by atoms with Gasteiger partial charge in [-0.15, -0.1) is 6.58 Å². The third-order valence-electron chi connectivity index (χ3n) is 5.29. The fraction of sp³-hybridized carbons (Fsp3) is 0.333. The van der Waals surface area contributed by atoms with Crippen molar-refractivity contribution < 1.29 is 18.3 Å². The van der Waals surface area contributed by atoms with Crippen LogP contribution < -0.4 is 9.47 Å². The lowest BCUT2D eigenvalue weighted by Gasteiger charge is -2.27. The molecule has 0 unspecified atom stereocenters. The van der Waals surface area contributed by atoms with Gasteiger partial charge in [-0.25, -0.2) is 0 Å². The highest BCUT2D eigenvalue weighted by atomic mass is 19.2. The Morgan fingerprint density at radius 2 is 1.61 bits per heavy atom. The Kier molecular flexibility index (Phi) is 6.85. The van der Waals surface area contributed by atoms with Crippen molar-refractivity contribution in [1.29, 1.82) is 0 Å². The third kappa shape index (κ3) is 4.80. The van der Waals surface area contributed by atoms with Crippen molar-refractivity contribution in [3.63, 3.8) is 0 Å². The Labute approximate surface area is 165 Å². The highest BCUT2D eigenvalue weighted by Gasteiger charge is 2.20.